The van der Waals surface area contributed by atoms with Gasteiger partial charge in [0.05, 0.1) is 39.1 Å². The summed E-state index contributed by atoms with van der Waals surface area (Å²) in [6.45, 7) is 0. The topological polar surface area (TPSA) is 33.6 Å². The van der Waals surface area contributed by atoms with Gasteiger partial charge in [0.1, 0.15) is 0 Å². The molecule has 0 spiro atoms. The zero-order valence-corrected chi connectivity index (χ0v) is 35.4. The van der Waals surface area contributed by atoms with Gasteiger partial charge in [0.2, 0.25) is 0 Å². The molecule has 302 valence electrons. The lowest BCUT2D eigenvalue weighted by Crippen LogP contribution is -2.28. The molecule has 1 aliphatic rings. The lowest BCUT2D eigenvalue weighted by Gasteiger charge is -2.34. The third-order valence-corrected chi connectivity index (χ3v) is 13.8. The van der Waals surface area contributed by atoms with Crippen LogP contribution in [0.25, 0.3) is 88.4 Å². The largest absolute Gasteiger partial charge is 0.309 e. The second kappa shape index (κ2) is 14.4. The summed E-state index contributed by atoms with van der Waals surface area (Å²) in [6, 6.07) is 88.2. The minimum absolute atomic E-state index is 0.488. The van der Waals surface area contributed by atoms with Crippen LogP contribution in [-0.2, 0) is 5.41 Å². The molecule has 0 bridgehead atoms. The van der Waals surface area contributed by atoms with Crippen LogP contribution in [0.15, 0.2) is 237 Å². The molecule has 0 amide bonds. The Morgan fingerprint density at radius 1 is 0.323 bits per heavy atom. The number of rotatable bonds is 6. The highest BCUT2D eigenvalue weighted by atomic mass is 15.0. The van der Waals surface area contributed by atoms with Crippen molar-refractivity contribution in [2.45, 2.75) is 5.41 Å². The maximum Gasteiger partial charge on any atom is 0.0991 e. The van der Waals surface area contributed by atoms with Crippen molar-refractivity contribution in [3.05, 3.63) is 264 Å². The summed E-state index contributed by atoms with van der Waals surface area (Å²) >= 11 is 0. The number of hydrogen-bond acceptors (Lipinski definition) is 1. The first kappa shape index (κ1) is 36.9. The maximum atomic E-state index is 9.99. The Bertz CT molecular complexity index is 3830. The molecule has 10 aromatic carbocycles. The van der Waals surface area contributed by atoms with Gasteiger partial charge < -0.3 is 9.13 Å². The molecule has 13 rings (SSSR count). The van der Waals surface area contributed by atoms with E-state index in [1.54, 1.807) is 0 Å². The van der Waals surface area contributed by atoms with Gasteiger partial charge in [-0.15, -0.1) is 0 Å². The van der Waals surface area contributed by atoms with E-state index in [4.69, 9.17) is 0 Å². The highest BCUT2D eigenvalue weighted by Crippen LogP contribution is 2.56. The SMILES string of the molecule is N#Cc1ccc2c(c1)c1cc(-c3ccc4c(c3)c3ccccc3n4-c3ccc4c(c3)C(c3ccccc3)(c3ccccc3)c3ccccc3-4)ccc1n2-c1ccc(-c2ccccc2)cc1. The van der Waals surface area contributed by atoms with E-state index in [-0.39, 0.29) is 0 Å². The molecule has 0 N–H and O–H groups in total. The lowest BCUT2D eigenvalue weighted by atomic mass is 9.67. The van der Waals surface area contributed by atoms with Crippen LogP contribution in [0.1, 0.15) is 27.8 Å². The summed E-state index contributed by atoms with van der Waals surface area (Å²) < 4.78 is 4.77. The van der Waals surface area contributed by atoms with Crippen molar-refractivity contribution >= 4 is 43.6 Å². The Labute approximate surface area is 377 Å². The highest BCUT2D eigenvalue weighted by molar-refractivity contribution is 6.13. The van der Waals surface area contributed by atoms with E-state index < -0.39 is 5.41 Å². The fourth-order valence-electron chi connectivity index (χ4n) is 11.0. The van der Waals surface area contributed by atoms with E-state index in [0.29, 0.717) is 5.56 Å². The number of aromatic nitrogens is 2. The fourth-order valence-corrected chi connectivity index (χ4v) is 11.0. The first-order chi connectivity index (χ1) is 32.2. The Hall–Kier alpha value is -8.71. The molecule has 3 heteroatoms. The number of nitriles is 1. The monoisotopic (exact) mass is 825 g/mol. The van der Waals surface area contributed by atoms with Crippen molar-refractivity contribution in [2.24, 2.45) is 0 Å². The van der Waals surface area contributed by atoms with E-state index in [9.17, 15) is 5.26 Å². The van der Waals surface area contributed by atoms with Gasteiger partial charge in [-0.05, 0) is 128 Å². The van der Waals surface area contributed by atoms with Crippen molar-refractivity contribution in [1.29, 1.82) is 5.26 Å². The van der Waals surface area contributed by atoms with Crippen molar-refractivity contribution in [3.8, 4) is 50.8 Å². The Balaban J connectivity index is 0.974. The van der Waals surface area contributed by atoms with Gasteiger partial charge in [-0.3, -0.25) is 0 Å². The Morgan fingerprint density at radius 2 is 0.800 bits per heavy atom. The molecule has 12 aromatic rings. The van der Waals surface area contributed by atoms with E-state index >= 15 is 0 Å². The van der Waals surface area contributed by atoms with Gasteiger partial charge in [-0.2, -0.15) is 5.26 Å². The van der Waals surface area contributed by atoms with Gasteiger partial charge in [0, 0.05) is 32.9 Å². The molecule has 2 aromatic heterocycles. The van der Waals surface area contributed by atoms with E-state index in [1.165, 1.54) is 60.8 Å². The normalized spacial score (nSPS) is 12.7. The molecule has 3 nitrogen and oxygen atoms in total. The quantitative estimate of drug-likeness (QED) is 0.164. The smallest absolute Gasteiger partial charge is 0.0991 e. The summed E-state index contributed by atoms with van der Waals surface area (Å²) in [6.07, 6.45) is 0. The van der Waals surface area contributed by atoms with Crippen molar-refractivity contribution < 1.29 is 0 Å². The summed E-state index contributed by atoms with van der Waals surface area (Å²) in [5.41, 5.74) is 19.2. The van der Waals surface area contributed by atoms with Gasteiger partial charge in [-0.25, -0.2) is 0 Å². The van der Waals surface area contributed by atoms with Gasteiger partial charge in [0.15, 0.2) is 0 Å². The molecular weight excluding hydrogens is 787 g/mol. The number of para-hydroxylation sites is 1. The predicted octanol–water partition coefficient (Wildman–Crippen LogP) is 15.4. The Morgan fingerprint density at radius 3 is 1.48 bits per heavy atom. The molecule has 0 saturated carbocycles. The third-order valence-electron chi connectivity index (χ3n) is 13.8. The second-order valence-electron chi connectivity index (χ2n) is 17.2. The van der Waals surface area contributed by atoms with Crippen molar-refractivity contribution in [3.63, 3.8) is 0 Å². The summed E-state index contributed by atoms with van der Waals surface area (Å²) in [7, 11) is 0. The van der Waals surface area contributed by atoms with E-state index in [0.717, 1.165) is 49.8 Å². The molecule has 0 aliphatic heterocycles. The van der Waals surface area contributed by atoms with Crippen LogP contribution in [0.4, 0.5) is 0 Å². The van der Waals surface area contributed by atoms with Crippen LogP contribution in [0.5, 0.6) is 0 Å². The summed E-state index contributed by atoms with van der Waals surface area (Å²) in [4.78, 5) is 0. The van der Waals surface area contributed by atoms with Gasteiger partial charge in [0.25, 0.3) is 0 Å². The Kier molecular flexibility index (Phi) is 8.19. The fraction of sp³-hybridized carbons (Fsp3) is 0.0161. The minimum Gasteiger partial charge on any atom is -0.309 e. The predicted molar refractivity (Wildman–Crippen MR) is 268 cm³/mol. The van der Waals surface area contributed by atoms with Crippen LogP contribution >= 0.6 is 0 Å². The standard InChI is InChI=1S/C62H39N3/c63-40-41-24-33-59-53(36-41)55-38-45(28-35-61(55)64(59)48-29-25-43(26-30-48)42-14-4-1-5-15-42)44-27-34-60-54(37-44)52-21-11-13-23-58(52)65(60)49-31-32-51-50-20-10-12-22-56(50)62(57(51)39-49,46-16-6-2-7-17-46)47-18-8-3-9-19-47/h1-39H. The molecule has 1 aliphatic carbocycles. The van der Waals surface area contributed by atoms with Crippen LogP contribution < -0.4 is 0 Å². The highest BCUT2D eigenvalue weighted by Gasteiger charge is 2.46. The number of benzene rings is 10. The molecule has 0 atom stereocenters. The van der Waals surface area contributed by atoms with Gasteiger partial charge in [-0.1, -0.05) is 164 Å². The third kappa shape index (κ3) is 5.48. The molecule has 65 heavy (non-hydrogen) atoms. The second-order valence-corrected chi connectivity index (χ2v) is 17.2. The van der Waals surface area contributed by atoms with E-state index in [1.807, 2.05) is 18.2 Å². The molecular formula is C62H39N3. The average molecular weight is 826 g/mol. The summed E-state index contributed by atoms with van der Waals surface area (Å²) in [5, 5.41) is 14.6. The molecule has 0 saturated heterocycles. The maximum absolute atomic E-state index is 9.99. The summed E-state index contributed by atoms with van der Waals surface area (Å²) in [5.74, 6) is 0. The van der Waals surface area contributed by atoms with Crippen LogP contribution in [-0.4, -0.2) is 9.13 Å². The lowest BCUT2D eigenvalue weighted by molar-refractivity contribution is 0.767. The minimum atomic E-state index is -0.488. The molecule has 2 heterocycles. The first-order valence-electron chi connectivity index (χ1n) is 22.2. The number of fused-ring (bicyclic) bond motifs is 9. The van der Waals surface area contributed by atoms with Crippen molar-refractivity contribution in [1.82, 2.24) is 9.13 Å². The zero-order chi connectivity index (χ0) is 43.1. The van der Waals surface area contributed by atoms with Crippen LogP contribution in [0.2, 0.25) is 0 Å². The first-order valence-corrected chi connectivity index (χ1v) is 22.2. The number of hydrogen-bond donors (Lipinski definition) is 0. The number of nitrogens with zero attached hydrogens (tertiary/aromatic N) is 3. The molecule has 0 unspecified atom stereocenters. The van der Waals surface area contributed by atoms with Crippen LogP contribution in [0, 0.1) is 11.3 Å². The zero-order valence-electron chi connectivity index (χ0n) is 35.4. The van der Waals surface area contributed by atoms with Gasteiger partial charge >= 0.3 is 0 Å². The van der Waals surface area contributed by atoms with Crippen LogP contribution in [0.3, 0.4) is 0 Å². The molecule has 0 fully saturated rings. The molecule has 0 radical (unpaired) electrons. The van der Waals surface area contributed by atoms with Crippen molar-refractivity contribution in [2.75, 3.05) is 0 Å². The average Bonchev–Trinajstić information content (AvgIpc) is 4.00. The van der Waals surface area contributed by atoms with E-state index in [2.05, 4.69) is 234 Å².